The number of hydrogen-bond donors (Lipinski definition) is 0. The maximum Gasteiger partial charge on any atom is -0.0146 e. The third-order valence-corrected chi connectivity index (χ3v) is 2.84. The second-order valence-electron chi connectivity index (χ2n) is 4.23. The standard InChI is InChI=1S/C15H23/c1-3-5-6-7-11-15-13-9-8-12-14(15)10-4-2/h8-9,12H,3-7,10-11H2,1-2H3. The summed E-state index contributed by atoms with van der Waals surface area (Å²) in [6.07, 6.45) is 9.04. The fraction of sp³-hybridized carbons (Fsp3) is 0.600. The molecule has 83 valence electrons. The molecule has 0 aliphatic heterocycles. The Morgan fingerprint density at radius 2 is 1.87 bits per heavy atom. The molecule has 0 amide bonds. The van der Waals surface area contributed by atoms with Crippen molar-refractivity contribution in [3.63, 3.8) is 0 Å². The summed E-state index contributed by atoms with van der Waals surface area (Å²) in [7, 11) is 0. The maximum absolute atomic E-state index is 3.40. The molecule has 1 aromatic rings. The third kappa shape index (κ3) is 4.51. The molecule has 0 spiro atoms. The van der Waals surface area contributed by atoms with Gasteiger partial charge in [0.2, 0.25) is 0 Å². The van der Waals surface area contributed by atoms with Crippen LogP contribution in [0, 0.1) is 6.07 Å². The summed E-state index contributed by atoms with van der Waals surface area (Å²) >= 11 is 0. The molecule has 0 atom stereocenters. The molecule has 0 N–H and O–H groups in total. The number of rotatable bonds is 7. The number of unbranched alkanes of at least 4 members (excludes halogenated alkanes) is 3. The Morgan fingerprint density at radius 3 is 2.60 bits per heavy atom. The second-order valence-corrected chi connectivity index (χ2v) is 4.23. The van der Waals surface area contributed by atoms with E-state index in [1.807, 2.05) is 6.07 Å². The van der Waals surface area contributed by atoms with Gasteiger partial charge in [0.05, 0.1) is 0 Å². The average Bonchev–Trinajstić information content (AvgIpc) is 2.27. The average molecular weight is 203 g/mol. The Labute approximate surface area is 94.7 Å². The number of aryl methyl sites for hydroxylation is 2. The van der Waals surface area contributed by atoms with E-state index >= 15 is 0 Å². The molecule has 0 aliphatic carbocycles. The predicted molar refractivity (Wildman–Crippen MR) is 67.1 cm³/mol. The van der Waals surface area contributed by atoms with Gasteiger partial charge in [0.15, 0.2) is 0 Å². The lowest BCUT2D eigenvalue weighted by atomic mass is 9.98. The fourth-order valence-corrected chi connectivity index (χ4v) is 1.97. The zero-order valence-electron chi connectivity index (χ0n) is 10.2. The van der Waals surface area contributed by atoms with Crippen molar-refractivity contribution in [2.24, 2.45) is 0 Å². The normalized spacial score (nSPS) is 10.5. The predicted octanol–water partition coefficient (Wildman–Crippen LogP) is 4.56. The van der Waals surface area contributed by atoms with E-state index in [-0.39, 0.29) is 0 Å². The molecular weight excluding hydrogens is 180 g/mol. The summed E-state index contributed by atoms with van der Waals surface area (Å²) in [4.78, 5) is 0. The van der Waals surface area contributed by atoms with E-state index in [0.717, 1.165) is 0 Å². The fourth-order valence-electron chi connectivity index (χ4n) is 1.97. The lowest BCUT2D eigenvalue weighted by Crippen LogP contribution is -1.94. The van der Waals surface area contributed by atoms with Crippen LogP contribution in [0.1, 0.15) is 57.1 Å². The van der Waals surface area contributed by atoms with Crippen LogP contribution < -0.4 is 0 Å². The van der Waals surface area contributed by atoms with Gasteiger partial charge in [-0.3, -0.25) is 0 Å². The van der Waals surface area contributed by atoms with Crippen molar-refractivity contribution in [3.8, 4) is 0 Å². The Kier molecular flexibility index (Phi) is 6.15. The van der Waals surface area contributed by atoms with Crippen LogP contribution in [0.3, 0.4) is 0 Å². The third-order valence-electron chi connectivity index (χ3n) is 2.84. The molecule has 0 bridgehead atoms. The van der Waals surface area contributed by atoms with E-state index < -0.39 is 0 Å². The topological polar surface area (TPSA) is 0 Å². The molecule has 0 nitrogen and oxygen atoms in total. The zero-order chi connectivity index (χ0) is 10.9. The maximum atomic E-state index is 3.40. The van der Waals surface area contributed by atoms with E-state index in [1.54, 1.807) is 0 Å². The Bertz CT molecular complexity index is 262. The molecular formula is C15H23. The highest BCUT2D eigenvalue weighted by Gasteiger charge is 2.00. The first-order valence-corrected chi connectivity index (χ1v) is 6.37. The summed E-state index contributed by atoms with van der Waals surface area (Å²) in [5.74, 6) is 0. The molecule has 1 rings (SSSR count). The first-order valence-electron chi connectivity index (χ1n) is 6.37. The van der Waals surface area contributed by atoms with Gasteiger partial charge >= 0.3 is 0 Å². The second kappa shape index (κ2) is 7.50. The van der Waals surface area contributed by atoms with E-state index in [0.29, 0.717) is 0 Å². The molecule has 0 heteroatoms. The molecule has 1 aromatic carbocycles. The molecule has 0 saturated heterocycles. The minimum Gasteiger partial charge on any atom is -0.0654 e. The van der Waals surface area contributed by atoms with Crippen molar-refractivity contribution >= 4 is 0 Å². The largest absolute Gasteiger partial charge is 0.0654 e. The van der Waals surface area contributed by atoms with Crippen molar-refractivity contribution < 1.29 is 0 Å². The first-order chi connectivity index (χ1) is 7.38. The van der Waals surface area contributed by atoms with Crippen LogP contribution in [0.2, 0.25) is 0 Å². The van der Waals surface area contributed by atoms with E-state index in [1.165, 1.54) is 56.1 Å². The Hall–Kier alpha value is -0.780. The Morgan fingerprint density at radius 1 is 1.00 bits per heavy atom. The molecule has 0 saturated carbocycles. The molecule has 0 fully saturated rings. The van der Waals surface area contributed by atoms with Crippen molar-refractivity contribution in [1.82, 2.24) is 0 Å². The smallest absolute Gasteiger partial charge is 0.0146 e. The van der Waals surface area contributed by atoms with Gasteiger partial charge in [0, 0.05) is 0 Å². The monoisotopic (exact) mass is 203 g/mol. The highest BCUT2D eigenvalue weighted by molar-refractivity contribution is 5.26. The van der Waals surface area contributed by atoms with Crippen LogP contribution >= 0.6 is 0 Å². The molecule has 0 unspecified atom stereocenters. The summed E-state index contributed by atoms with van der Waals surface area (Å²) in [6, 6.07) is 9.82. The zero-order valence-corrected chi connectivity index (χ0v) is 10.2. The lowest BCUT2D eigenvalue weighted by Gasteiger charge is -2.07. The summed E-state index contributed by atoms with van der Waals surface area (Å²) in [6.45, 7) is 4.50. The van der Waals surface area contributed by atoms with Crippen molar-refractivity contribution in [2.75, 3.05) is 0 Å². The van der Waals surface area contributed by atoms with Gasteiger partial charge < -0.3 is 0 Å². The highest BCUT2D eigenvalue weighted by atomic mass is 14.1. The van der Waals surface area contributed by atoms with Crippen LogP contribution in [0.15, 0.2) is 18.2 Å². The lowest BCUT2D eigenvalue weighted by molar-refractivity contribution is 0.663. The first kappa shape index (κ1) is 12.3. The van der Waals surface area contributed by atoms with Gasteiger partial charge in [0.25, 0.3) is 0 Å². The van der Waals surface area contributed by atoms with Crippen LogP contribution in [-0.2, 0) is 12.8 Å². The van der Waals surface area contributed by atoms with Crippen LogP contribution in [0.4, 0.5) is 0 Å². The summed E-state index contributed by atoms with van der Waals surface area (Å²) in [5, 5.41) is 0. The molecule has 0 aromatic heterocycles. The minimum absolute atomic E-state index is 1.21. The van der Waals surface area contributed by atoms with Gasteiger partial charge in [-0.2, -0.15) is 0 Å². The molecule has 15 heavy (non-hydrogen) atoms. The summed E-state index contributed by atoms with van der Waals surface area (Å²) < 4.78 is 0. The van der Waals surface area contributed by atoms with Crippen molar-refractivity contribution in [1.29, 1.82) is 0 Å². The van der Waals surface area contributed by atoms with Gasteiger partial charge in [-0.05, 0) is 36.5 Å². The van der Waals surface area contributed by atoms with Crippen molar-refractivity contribution in [3.05, 3.63) is 35.4 Å². The van der Waals surface area contributed by atoms with Gasteiger partial charge in [-0.1, -0.05) is 57.7 Å². The SMILES string of the molecule is CCCCCCc1[c]cccc1CCC. The number of benzene rings is 1. The van der Waals surface area contributed by atoms with Gasteiger partial charge in [0.1, 0.15) is 0 Å². The Balaban J connectivity index is 2.44. The number of hydrogen-bond acceptors (Lipinski definition) is 0. The highest BCUT2D eigenvalue weighted by Crippen LogP contribution is 2.14. The van der Waals surface area contributed by atoms with E-state index in [4.69, 9.17) is 0 Å². The van der Waals surface area contributed by atoms with Crippen LogP contribution in [0.5, 0.6) is 0 Å². The molecule has 0 heterocycles. The van der Waals surface area contributed by atoms with Crippen LogP contribution in [-0.4, -0.2) is 0 Å². The van der Waals surface area contributed by atoms with Crippen LogP contribution in [0.25, 0.3) is 0 Å². The van der Waals surface area contributed by atoms with E-state index in [2.05, 4.69) is 32.0 Å². The van der Waals surface area contributed by atoms with E-state index in [9.17, 15) is 0 Å². The van der Waals surface area contributed by atoms with Crippen molar-refractivity contribution in [2.45, 2.75) is 58.8 Å². The summed E-state index contributed by atoms with van der Waals surface area (Å²) in [5.41, 5.74) is 2.96. The van der Waals surface area contributed by atoms with Gasteiger partial charge in [-0.25, -0.2) is 0 Å². The molecule has 0 aliphatic rings. The molecule has 1 radical (unpaired) electrons. The van der Waals surface area contributed by atoms with Gasteiger partial charge in [-0.15, -0.1) is 0 Å². The quantitative estimate of drug-likeness (QED) is 0.570. The minimum atomic E-state index is 1.21.